The minimum absolute atomic E-state index is 0.0870. The molecule has 248 valence electrons. The molecular weight excluding hydrogens is 586 g/mol. The topological polar surface area (TPSA) is 166 Å². The van der Waals surface area contributed by atoms with Gasteiger partial charge in [-0.3, -0.25) is 9.48 Å². The van der Waals surface area contributed by atoms with Crippen molar-refractivity contribution in [2.24, 2.45) is 5.92 Å². The number of piperidine rings is 1. The van der Waals surface area contributed by atoms with Gasteiger partial charge in [-0.05, 0) is 61.5 Å². The van der Waals surface area contributed by atoms with Crippen LogP contribution in [0.15, 0.2) is 40.9 Å². The number of rotatable bonds is 17. The van der Waals surface area contributed by atoms with Crippen molar-refractivity contribution in [2.75, 3.05) is 32.0 Å². The molecule has 12 heteroatoms. The molecule has 1 aliphatic rings. The van der Waals surface area contributed by atoms with Crippen LogP contribution < -0.4 is 10.5 Å². The average molecular weight is 634 g/mol. The van der Waals surface area contributed by atoms with Crippen LogP contribution in [-0.2, 0) is 4.79 Å². The third-order valence-corrected chi connectivity index (χ3v) is 8.93. The van der Waals surface area contributed by atoms with Gasteiger partial charge in [-0.1, -0.05) is 64.5 Å². The zero-order valence-electron chi connectivity index (χ0n) is 27.0. The molecular formula is C34H47N7O5. The number of hydrogen-bond acceptors (Lipinski definition) is 10. The molecule has 0 amide bonds. The summed E-state index contributed by atoms with van der Waals surface area (Å²) < 4.78 is 12.9. The quantitative estimate of drug-likeness (QED) is 0.110. The van der Waals surface area contributed by atoms with Crippen LogP contribution in [-0.4, -0.2) is 72.5 Å². The van der Waals surface area contributed by atoms with Gasteiger partial charge >= 0.3 is 5.97 Å². The fourth-order valence-electron chi connectivity index (χ4n) is 6.34. The van der Waals surface area contributed by atoms with Gasteiger partial charge in [0.05, 0.1) is 23.9 Å². The summed E-state index contributed by atoms with van der Waals surface area (Å²) in [4.78, 5) is 14.0. The van der Waals surface area contributed by atoms with E-state index in [9.17, 15) is 15.0 Å². The van der Waals surface area contributed by atoms with E-state index in [0.29, 0.717) is 40.8 Å². The molecule has 1 saturated heterocycles. The fourth-order valence-corrected chi connectivity index (χ4v) is 6.34. The number of aromatic nitrogens is 5. The number of hydrogen-bond donors (Lipinski definition) is 3. The van der Waals surface area contributed by atoms with Crippen molar-refractivity contribution in [2.45, 2.75) is 90.0 Å². The molecule has 1 aliphatic heterocycles. The number of nitrogens with two attached hydrogens (primary N) is 1. The minimum Gasteiger partial charge on any atom is -0.507 e. The maximum atomic E-state index is 11.5. The lowest BCUT2D eigenvalue weighted by atomic mass is 9.94. The van der Waals surface area contributed by atoms with Crippen LogP contribution in [0.25, 0.3) is 22.3 Å². The van der Waals surface area contributed by atoms with E-state index >= 15 is 0 Å². The number of unbranched alkanes of at least 4 members (excludes halogenated alkanes) is 7. The number of para-hydroxylation sites is 1. The van der Waals surface area contributed by atoms with Gasteiger partial charge in [-0.15, -0.1) is 10.2 Å². The Labute approximate surface area is 269 Å². The van der Waals surface area contributed by atoms with E-state index in [2.05, 4.69) is 25.4 Å². The Morgan fingerprint density at radius 2 is 1.72 bits per heavy atom. The van der Waals surface area contributed by atoms with E-state index in [0.717, 1.165) is 50.8 Å². The first-order valence-electron chi connectivity index (χ1n) is 16.7. The Hall–Kier alpha value is -4.19. The van der Waals surface area contributed by atoms with Gasteiger partial charge in [0.25, 0.3) is 5.88 Å². The van der Waals surface area contributed by atoms with Crippen molar-refractivity contribution < 1.29 is 24.3 Å². The molecule has 0 bridgehead atoms. The van der Waals surface area contributed by atoms with Crippen molar-refractivity contribution in [3.8, 4) is 22.9 Å². The van der Waals surface area contributed by atoms with Crippen LogP contribution in [0.4, 0.5) is 5.82 Å². The molecule has 0 radical (unpaired) electrons. The predicted molar refractivity (Wildman–Crippen MR) is 176 cm³/mol. The van der Waals surface area contributed by atoms with Gasteiger partial charge in [-0.25, -0.2) is 0 Å². The molecule has 4 N–H and O–H groups in total. The molecule has 46 heavy (non-hydrogen) atoms. The highest BCUT2D eigenvalue weighted by Gasteiger charge is 2.28. The molecule has 0 spiro atoms. The molecule has 1 unspecified atom stereocenters. The van der Waals surface area contributed by atoms with Crippen molar-refractivity contribution in [3.05, 3.63) is 42.2 Å². The van der Waals surface area contributed by atoms with Crippen molar-refractivity contribution in [3.63, 3.8) is 0 Å². The van der Waals surface area contributed by atoms with Gasteiger partial charge in [0.2, 0.25) is 0 Å². The summed E-state index contributed by atoms with van der Waals surface area (Å²) in [6, 6.07) is 10.9. The molecule has 1 atom stereocenters. The number of fused-ring (bicyclic) bond motifs is 1. The fraction of sp³-hybridized carbons (Fsp3) is 0.559. The molecule has 4 heterocycles. The summed E-state index contributed by atoms with van der Waals surface area (Å²) in [5.41, 5.74) is 8.91. The van der Waals surface area contributed by atoms with Crippen LogP contribution in [0.1, 0.15) is 95.8 Å². The van der Waals surface area contributed by atoms with Crippen LogP contribution in [0, 0.1) is 5.92 Å². The Bertz CT molecular complexity index is 1560. The normalized spacial score (nSPS) is 15.1. The molecule has 12 nitrogen and oxygen atoms in total. The number of carboxylic acid groups (broad SMARTS) is 1. The first-order chi connectivity index (χ1) is 22.3. The Kier molecular flexibility index (Phi) is 11.5. The third-order valence-electron chi connectivity index (χ3n) is 8.93. The van der Waals surface area contributed by atoms with Gasteiger partial charge in [0.1, 0.15) is 11.7 Å². The molecule has 3 aromatic heterocycles. The number of phenolic OH excluding ortho intramolecular Hbond substituents is 1. The summed E-state index contributed by atoms with van der Waals surface area (Å²) in [5.74, 6) is -0.451. The number of aliphatic carboxylic acids is 1. The molecule has 1 aromatic carbocycles. The number of ether oxygens (including phenoxy) is 1. The number of aromatic hydroxyl groups is 1. The summed E-state index contributed by atoms with van der Waals surface area (Å²) in [6.07, 6.45) is 11.4. The lowest BCUT2D eigenvalue weighted by Crippen LogP contribution is -2.35. The number of nitrogens with zero attached hydrogens (tertiary/aromatic N) is 6. The van der Waals surface area contributed by atoms with E-state index in [-0.39, 0.29) is 17.7 Å². The lowest BCUT2D eigenvalue weighted by molar-refractivity contribution is -0.140. The highest BCUT2D eigenvalue weighted by Crippen LogP contribution is 2.33. The maximum absolute atomic E-state index is 11.5. The zero-order valence-corrected chi connectivity index (χ0v) is 27.0. The van der Waals surface area contributed by atoms with Gasteiger partial charge < -0.3 is 30.1 Å². The monoisotopic (exact) mass is 633 g/mol. The van der Waals surface area contributed by atoms with Crippen molar-refractivity contribution in [1.29, 1.82) is 0 Å². The number of likely N-dealkylation sites (tertiary alicyclic amines) is 1. The minimum atomic E-state index is -0.914. The molecule has 1 fully saturated rings. The van der Waals surface area contributed by atoms with E-state index in [1.54, 1.807) is 18.2 Å². The van der Waals surface area contributed by atoms with E-state index in [4.69, 9.17) is 15.0 Å². The summed E-state index contributed by atoms with van der Waals surface area (Å²) in [7, 11) is 0. The number of anilines is 1. The van der Waals surface area contributed by atoms with Gasteiger partial charge in [-0.2, -0.15) is 5.10 Å². The largest absolute Gasteiger partial charge is 0.507 e. The Morgan fingerprint density at radius 3 is 2.41 bits per heavy atom. The summed E-state index contributed by atoms with van der Waals surface area (Å²) in [6.45, 7) is 7.45. The molecule has 4 aromatic rings. The predicted octanol–water partition coefficient (Wildman–Crippen LogP) is 6.43. The Balaban J connectivity index is 0.936. The van der Waals surface area contributed by atoms with E-state index in [1.807, 2.05) is 36.7 Å². The highest BCUT2D eigenvalue weighted by molar-refractivity contribution is 5.87. The van der Waals surface area contributed by atoms with Crippen LogP contribution >= 0.6 is 0 Å². The standard InChI is InChI=1S/C34H47N7O5/c1-23(2)31(34(43)44)29-22-30(39-46-29)45-20-12-8-6-4-3-5-7-11-17-40-18-15-24(16-19-40)41-27-21-26(25-13-9-10-14-28(25)42)36-37-32(27)33(35)38-41/h9-10,13-14,21-24,31,42H,3-8,11-12,15-20H2,1-2H3,(H2,35,38)(H,43,44). The Morgan fingerprint density at radius 1 is 1.02 bits per heavy atom. The zero-order chi connectivity index (χ0) is 32.5. The molecule has 0 saturated carbocycles. The van der Waals surface area contributed by atoms with Crippen LogP contribution in [0.5, 0.6) is 11.6 Å². The molecule has 0 aliphatic carbocycles. The highest BCUT2D eigenvalue weighted by atomic mass is 16.5. The second-order valence-corrected chi connectivity index (χ2v) is 12.7. The number of carbonyl (C=O) groups is 1. The van der Waals surface area contributed by atoms with Crippen LogP contribution in [0.3, 0.4) is 0 Å². The number of carboxylic acids is 1. The molecule has 5 rings (SSSR count). The number of benzene rings is 1. The average Bonchev–Trinajstić information content (AvgIpc) is 3.63. The first-order valence-corrected chi connectivity index (χ1v) is 16.7. The first kappa shape index (κ1) is 33.2. The van der Waals surface area contributed by atoms with Crippen molar-refractivity contribution in [1.82, 2.24) is 30.0 Å². The van der Waals surface area contributed by atoms with Crippen molar-refractivity contribution >= 4 is 22.8 Å². The smallest absolute Gasteiger partial charge is 0.314 e. The number of phenols is 1. The van der Waals surface area contributed by atoms with Gasteiger partial charge in [0.15, 0.2) is 17.1 Å². The number of nitrogen functional groups attached to an aromatic ring is 1. The summed E-state index contributed by atoms with van der Waals surface area (Å²) >= 11 is 0. The summed E-state index contributed by atoms with van der Waals surface area (Å²) in [5, 5.41) is 36.8. The van der Waals surface area contributed by atoms with E-state index < -0.39 is 11.9 Å². The SMILES string of the molecule is CC(C)C(C(=O)O)c1cc(OCCCCCCCCCCN2CCC(n3nc(N)c4nnc(-c5ccccc5O)cc43)CC2)no1. The second-order valence-electron chi connectivity index (χ2n) is 12.7. The maximum Gasteiger partial charge on any atom is 0.314 e. The third kappa shape index (κ3) is 8.34. The van der Waals surface area contributed by atoms with Crippen LogP contribution in [0.2, 0.25) is 0 Å². The lowest BCUT2D eigenvalue weighted by Gasteiger charge is -2.32. The van der Waals surface area contributed by atoms with E-state index in [1.165, 1.54) is 38.5 Å². The second kappa shape index (κ2) is 15.9. The van der Waals surface area contributed by atoms with Gasteiger partial charge in [0, 0.05) is 24.7 Å².